The molecule has 86 heavy (non-hydrogen) atoms. The Bertz CT molecular complexity index is 2550. The van der Waals surface area contributed by atoms with Gasteiger partial charge in [0.25, 0.3) is 0 Å². The van der Waals surface area contributed by atoms with E-state index < -0.39 is 224 Å². The minimum atomic E-state index is -2.28. The smallest absolute Gasteiger partial charge is 0.335 e. The van der Waals surface area contributed by atoms with Crippen LogP contribution in [0.3, 0.4) is 0 Å². The number of carboxylic acids is 1. The number of allylic oxidation sites excluding steroid dienone is 3. The van der Waals surface area contributed by atoms with Crippen LogP contribution in [0.15, 0.2) is 23.3 Å². The summed E-state index contributed by atoms with van der Waals surface area (Å²) in [6.07, 6.45) is -32.4. The largest absolute Gasteiger partial charge is 0.479 e. The van der Waals surface area contributed by atoms with Gasteiger partial charge in [0.15, 0.2) is 31.3 Å². The fourth-order valence-corrected chi connectivity index (χ4v) is 17.0. The monoisotopic (exact) mass is 1230 g/mol. The molecule has 4 saturated heterocycles. The van der Waals surface area contributed by atoms with Gasteiger partial charge in [-0.2, -0.15) is 0 Å². The fraction of sp³-hybridized carbons (Fsp3) is 0.864. The Morgan fingerprint density at radius 1 is 0.663 bits per heavy atom. The number of carbonyl (C=O) groups excluding carboxylic acids is 3. The summed E-state index contributed by atoms with van der Waals surface area (Å²) in [4.78, 5) is 53.8. The SMILES string of the molecule is C/C=C(/C)C(=O)O[C@H]1[C@H](OC(C)=O)[C@]2(CO)[C@H](O)C[C@]3(C)C(=CC[C@@H]4[C@@]5(C)CC[C@H](O[C@@H]6O[C@H](C(=O)O)[C@@H](O)[C@H](O[C@@H]7OC[C@H](O)[C@H](O)[C@H]7O[C@@H]7OC[C@@H](O)[C@H](O)[C@H]7O)[C@H]6O[C@@H]6O[C@H](CO)[C@H](O)[C@H](O)[C@H]6O)[C@@](C)(C=O)[C@@H]5CC[C@]43C)[C@@H]2CC1(C)C. The highest BCUT2D eigenvalue weighted by atomic mass is 16.8. The van der Waals surface area contributed by atoms with Crippen molar-refractivity contribution in [1.29, 1.82) is 0 Å². The first kappa shape index (κ1) is 67.2. The fourth-order valence-electron chi connectivity index (χ4n) is 17.0. The molecule has 0 spiro atoms. The van der Waals surface area contributed by atoms with E-state index >= 15 is 0 Å². The van der Waals surface area contributed by atoms with Crippen molar-refractivity contribution in [3.05, 3.63) is 23.3 Å². The zero-order valence-electron chi connectivity index (χ0n) is 50.0. The molecule has 13 N–H and O–H groups in total. The third kappa shape index (κ3) is 10.9. The van der Waals surface area contributed by atoms with E-state index in [9.17, 15) is 85.6 Å². The molecular formula is C59H90O27. The molecule has 4 saturated carbocycles. The number of aliphatic carboxylic acids is 1. The molecule has 8 fully saturated rings. The summed E-state index contributed by atoms with van der Waals surface area (Å²) in [5.41, 5.74) is -4.42. The molecule has 0 aromatic heterocycles. The van der Waals surface area contributed by atoms with Gasteiger partial charge in [-0.15, -0.1) is 0 Å². The Morgan fingerprint density at radius 2 is 1.29 bits per heavy atom. The van der Waals surface area contributed by atoms with Crippen LogP contribution < -0.4 is 0 Å². The summed E-state index contributed by atoms with van der Waals surface area (Å²) >= 11 is 0. The van der Waals surface area contributed by atoms with Crippen LogP contribution in [-0.2, 0) is 66.5 Å². The van der Waals surface area contributed by atoms with Crippen LogP contribution >= 0.6 is 0 Å². The van der Waals surface area contributed by atoms with E-state index in [1.165, 1.54) is 6.92 Å². The third-order valence-corrected chi connectivity index (χ3v) is 22.2. The number of fused-ring (bicyclic) bond motifs is 7. The number of aldehydes is 1. The van der Waals surface area contributed by atoms with Crippen LogP contribution in [0, 0.1) is 50.2 Å². The number of carbonyl (C=O) groups is 4. The van der Waals surface area contributed by atoms with Crippen molar-refractivity contribution in [3.8, 4) is 0 Å². The van der Waals surface area contributed by atoms with Crippen molar-refractivity contribution >= 4 is 24.2 Å². The molecule has 30 atom stereocenters. The zero-order chi connectivity index (χ0) is 63.3. The Labute approximate surface area is 498 Å². The molecule has 5 aliphatic carbocycles. The molecule has 0 amide bonds. The number of carboxylic acid groups (broad SMARTS) is 1. The summed E-state index contributed by atoms with van der Waals surface area (Å²) in [7, 11) is 0. The highest BCUT2D eigenvalue weighted by molar-refractivity contribution is 5.87. The van der Waals surface area contributed by atoms with E-state index in [2.05, 4.69) is 26.8 Å². The van der Waals surface area contributed by atoms with Crippen LogP contribution in [0.4, 0.5) is 0 Å². The first-order valence-electron chi connectivity index (χ1n) is 29.9. The van der Waals surface area contributed by atoms with Crippen LogP contribution in [0.2, 0.25) is 0 Å². The van der Waals surface area contributed by atoms with E-state index in [0.717, 1.165) is 11.9 Å². The number of aliphatic hydroxyl groups excluding tert-OH is 12. The van der Waals surface area contributed by atoms with Gasteiger partial charge in [0, 0.05) is 17.9 Å². The minimum absolute atomic E-state index is 0.112. The number of rotatable bonds is 15. The molecule has 9 rings (SSSR count). The number of hydrogen-bond acceptors (Lipinski definition) is 26. The Morgan fingerprint density at radius 3 is 1.91 bits per heavy atom. The van der Waals surface area contributed by atoms with E-state index in [1.807, 2.05) is 13.8 Å². The van der Waals surface area contributed by atoms with E-state index in [4.69, 9.17) is 47.4 Å². The van der Waals surface area contributed by atoms with Crippen molar-refractivity contribution in [2.75, 3.05) is 26.4 Å². The molecule has 27 heteroatoms. The molecule has 0 unspecified atom stereocenters. The maximum Gasteiger partial charge on any atom is 0.335 e. The average Bonchev–Trinajstić information content (AvgIpc) is 0.672. The number of esters is 2. The molecular weight excluding hydrogens is 1140 g/mol. The Kier molecular flexibility index (Phi) is 19.3. The second kappa shape index (κ2) is 24.8. The number of hydrogen-bond donors (Lipinski definition) is 13. The van der Waals surface area contributed by atoms with Crippen molar-refractivity contribution in [2.24, 2.45) is 50.2 Å². The first-order chi connectivity index (χ1) is 40.3. The Balaban J connectivity index is 1.05. The van der Waals surface area contributed by atoms with Gasteiger partial charge in [-0.05, 0) is 92.8 Å². The summed E-state index contributed by atoms with van der Waals surface area (Å²) in [6.45, 7) is 13.8. The molecule has 0 radical (unpaired) electrons. The van der Waals surface area contributed by atoms with E-state index in [-0.39, 0.29) is 18.8 Å². The highest BCUT2D eigenvalue weighted by Gasteiger charge is 2.74. The van der Waals surface area contributed by atoms with Crippen molar-refractivity contribution in [2.45, 2.75) is 242 Å². The van der Waals surface area contributed by atoms with E-state index in [1.54, 1.807) is 26.8 Å². The Hall–Kier alpha value is -3.24. The van der Waals surface area contributed by atoms with Gasteiger partial charge in [-0.1, -0.05) is 59.3 Å². The molecule has 0 bridgehead atoms. The molecule has 9 aliphatic rings. The normalized spacial score (nSPS) is 51.1. The summed E-state index contributed by atoms with van der Waals surface area (Å²) in [5.74, 6) is -4.24. The first-order valence-corrected chi connectivity index (χ1v) is 29.9. The molecule has 0 aromatic rings. The lowest BCUT2D eigenvalue weighted by atomic mass is 9.33. The molecule has 488 valence electrons. The highest BCUT2D eigenvalue weighted by Crippen LogP contribution is 2.76. The van der Waals surface area contributed by atoms with Gasteiger partial charge >= 0.3 is 17.9 Å². The second-order valence-electron chi connectivity index (χ2n) is 27.3. The lowest BCUT2D eigenvalue weighted by Crippen LogP contribution is -2.72. The number of ether oxygens (including phenoxy) is 10. The minimum Gasteiger partial charge on any atom is -0.479 e. The van der Waals surface area contributed by atoms with Gasteiger partial charge in [0.1, 0.15) is 97.8 Å². The van der Waals surface area contributed by atoms with Crippen molar-refractivity contribution in [3.63, 3.8) is 0 Å². The topological polar surface area (TPSA) is 424 Å². The predicted molar refractivity (Wildman–Crippen MR) is 289 cm³/mol. The second-order valence-corrected chi connectivity index (χ2v) is 27.3. The zero-order valence-corrected chi connectivity index (χ0v) is 50.0. The molecule has 4 aliphatic heterocycles. The predicted octanol–water partition coefficient (Wildman–Crippen LogP) is -2.01. The third-order valence-electron chi connectivity index (χ3n) is 22.2. The van der Waals surface area contributed by atoms with Gasteiger partial charge < -0.3 is 119 Å². The quantitative estimate of drug-likeness (QED) is 0.0277. The van der Waals surface area contributed by atoms with Gasteiger partial charge in [-0.3, -0.25) is 4.79 Å². The lowest BCUT2D eigenvalue weighted by Gasteiger charge is -2.72. The van der Waals surface area contributed by atoms with Crippen LogP contribution in [0.25, 0.3) is 0 Å². The maximum absolute atomic E-state index is 14.2. The van der Waals surface area contributed by atoms with Crippen LogP contribution in [-0.4, -0.2) is 252 Å². The lowest BCUT2D eigenvalue weighted by molar-refractivity contribution is -0.398. The summed E-state index contributed by atoms with van der Waals surface area (Å²) in [6, 6.07) is 0. The molecule has 0 aromatic carbocycles. The van der Waals surface area contributed by atoms with Gasteiger partial charge in [0.05, 0.1) is 49.5 Å². The van der Waals surface area contributed by atoms with Crippen molar-refractivity contribution in [1.82, 2.24) is 0 Å². The standard InChI is InChI=1S/C59H90O27/c1-10-24(2)49(76)86-46-47(79-25(3)63)59(23-62)27(17-54(46,4)5)26-11-12-32-55(6)15-14-34(56(7,22-61)31(55)13-16-57(32,8)58(26,9)18-33(59)66)81-53-45(85-51-40(72)38(70)37(69)30(19-60)80-51)42(41(73)43(83-53)48(74)75)82-52-44(36(68)29(65)21-78-52)84-50-39(71)35(67)28(64)20-77-50/h10-11,22,27-47,50-53,60,62,64-73H,12-21,23H2,1-9H3,(H,74,75)/b24-10-/t27-,28+,29-,30+,31+,32+,33+,34-,35-,36-,37-,38-,39+,40+,41-,42-,43-,44+,45+,46-,47-,50-,51-,52-,53+,55-,56-,57+,58+,59-/m0/s1. The van der Waals surface area contributed by atoms with Gasteiger partial charge in [0.2, 0.25) is 0 Å². The van der Waals surface area contributed by atoms with Crippen LogP contribution in [0.1, 0.15) is 107 Å². The maximum atomic E-state index is 14.2. The molecule has 4 heterocycles. The average molecular weight is 1230 g/mol. The number of aliphatic hydroxyl groups is 12. The van der Waals surface area contributed by atoms with Crippen molar-refractivity contribution < 1.29 is 133 Å². The van der Waals surface area contributed by atoms with E-state index in [0.29, 0.717) is 37.7 Å². The van der Waals surface area contributed by atoms with Crippen LogP contribution in [0.5, 0.6) is 0 Å². The summed E-state index contributed by atoms with van der Waals surface area (Å²) < 4.78 is 60.5. The molecule has 27 nitrogen and oxygen atoms in total. The van der Waals surface area contributed by atoms with Gasteiger partial charge in [-0.25, -0.2) is 9.59 Å². The summed E-state index contributed by atoms with van der Waals surface area (Å²) in [5, 5.41) is 144.